The fourth-order valence-corrected chi connectivity index (χ4v) is 8.69. The SMILES string of the molecule is CC(C)(C)c1ccc2c(c1)c1cc(C(C)(C)C)cc3c1n2-c1cc(-c2ccccc2)cc(-c2cc4ccccc4cc2Nc2ccc(-c4ccccc4)cc2)c1[B]3. The molecule has 3 heteroatoms. The van der Waals surface area contributed by atoms with Crippen LogP contribution >= 0.6 is 0 Å². The Morgan fingerprint density at radius 2 is 1.07 bits per heavy atom. The predicted octanol–water partition coefficient (Wildman–Crippen LogP) is 13.2. The van der Waals surface area contributed by atoms with E-state index in [1.807, 2.05) is 0 Å². The molecule has 8 aromatic carbocycles. The summed E-state index contributed by atoms with van der Waals surface area (Å²) in [5.74, 6) is 0. The quantitative estimate of drug-likeness (QED) is 0.174. The van der Waals surface area contributed by atoms with Gasteiger partial charge in [-0.15, -0.1) is 0 Å². The van der Waals surface area contributed by atoms with E-state index in [0.29, 0.717) is 0 Å². The maximum Gasteiger partial charge on any atom is 0.197 e. The van der Waals surface area contributed by atoms with E-state index < -0.39 is 0 Å². The highest BCUT2D eigenvalue weighted by molar-refractivity contribution is 6.73. The van der Waals surface area contributed by atoms with Crippen LogP contribution in [-0.4, -0.2) is 11.8 Å². The summed E-state index contributed by atoms with van der Waals surface area (Å²) in [5.41, 5.74) is 18.2. The van der Waals surface area contributed by atoms with E-state index in [1.165, 1.54) is 93.7 Å². The minimum atomic E-state index is -0.0135. The molecule has 1 aromatic heterocycles. The van der Waals surface area contributed by atoms with E-state index in [4.69, 9.17) is 0 Å². The largest absolute Gasteiger partial charge is 0.355 e. The first kappa shape index (κ1) is 35.1. The van der Waals surface area contributed by atoms with Crippen LogP contribution in [0.15, 0.2) is 164 Å². The lowest BCUT2D eigenvalue weighted by Crippen LogP contribution is -2.38. The lowest BCUT2D eigenvalue weighted by Gasteiger charge is -2.27. The monoisotopic (exact) mass is 733 g/mol. The summed E-state index contributed by atoms with van der Waals surface area (Å²) in [4.78, 5) is 0. The Labute approximate surface area is 337 Å². The average molecular weight is 734 g/mol. The number of anilines is 2. The standard InChI is InChI=1S/C54H46BN2/c1-53(2,3)40-23-26-49-44(31-40)46-32-41(54(4,5)6)33-47-52(46)57(49)50-30-39(35-17-11-8-12-18-35)28-45(51(50)55-47)43-27-37-19-13-14-20-38(37)29-48(43)56-42-24-21-36(22-25-42)34-15-9-7-10-16-34/h7-33,56H,1-6H3. The molecule has 1 aliphatic heterocycles. The van der Waals surface area contributed by atoms with Crippen molar-refractivity contribution in [2.45, 2.75) is 52.4 Å². The molecule has 2 heterocycles. The molecule has 57 heavy (non-hydrogen) atoms. The number of benzene rings is 8. The second-order valence-corrected chi connectivity index (χ2v) is 17.8. The second kappa shape index (κ2) is 13.1. The number of rotatable bonds is 5. The predicted molar refractivity (Wildman–Crippen MR) is 247 cm³/mol. The van der Waals surface area contributed by atoms with E-state index in [9.17, 15) is 0 Å². The van der Waals surface area contributed by atoms with Gasteiger partial charge >= 0.3 is 0 Å². The minimum Gasteiger partial charge on any atom is -0.355 e. The van der Waals surface area contributed by atoms with Crippen LogP contribution in [0.25, 0.3) is 71.6 Å². The molecule has 0 atom stereocenters. The Morgan fingerprint density at radius 3 is 1.74 bits per heavy atom. The smallest absolute Gasteiger partial charge is 0.197 e. The van der Waals surface area contributed by atoms with Crippen LogP contribution in [0.2, 0.25) is 0 Å². The van der Waals surface area contributed by atoms with Gasteiger partial charge in [0, 0.05) is 38.9 Å². The second-order valence-electron chi connectivity index (χ2n) is 17.8. The number of hydrogen-bond donors (Lipinski definition) is 1. The highest BCUT2D eigenvalue weighted by Gasteiger charge is 2.30. The van der Waals surface area contributed by atoms with Gasteiger partial charge in [-0.3, -0.25) is 0 Å². The van der Waals surface area contributed by atoms with Gasteiger partial charge in [0.15, 0.2) is 7.28 Å². The molecular weight excluding hydrogens is 687 g/mol. The zero-order valence-electron chi connectivity index (χ0n) is 33.6. The van der Waals surface area contributed by atoms with Gasteiger partial charge in [0.25, 0.3) is 0 Å². The first-order valence-electron chi connectivity index (χ1n) is 20.2. The van der Waals surface area contributed by atoms with Crippen LogP contribution in [-0.2, 0) is 10.8 Å². The lowest BCUT2D eigenvalue weighted by molar-refractivity contribution is 0.590. The van der Waals surface area contributed by atoms with Crippen LogP contribution in [0.5, 0.6) is 0 Å². The summed E-state index contributed by atoms with van der Waals surface area (Å²) in [6.45, 7) is 13.9. The van der Waals surface area contributed by atoms with Crippen molar-refractivity contribution in [1.29, 1.82) is 0 Å². The van der Waals surface area contributed by atoms with Crippen molar-refractivity contribution < 1.29 is 0 Å². The molecule has 1 radical (unpaired) electrons. The summed E-state index contributed by atoms with van der Waals surface area (Å²) in [6, 6.07) is 60.5. The van der Waals surface area contributed by atoms with Gasteiger partial charge in [0.05, 0.1) is 5.52 Å². The summed E-state index contributed by atoms with van der Waals surface area (Å²) in [7, 11) is 2.47. The first-order valence-corrected chi connectivity index (χ1v) is 20.2. The molecular formula is C54H46BN2. The van der Waals surface area contributed by atoms with Crippen molar-refractivity contribution >= 4 is 62.2 Å². The normalized spacial score (nSPS) is 12.5. The van der Waals surface area contributed by atoms with Crippen molar-refractivity contribution in [2.24, 2.45) is 0 Å². The highest BCUT2D eigenvalue weighted by Crippen LogP contribution is 2.42. The zero-order chi connectivity index (χ0) is 39.1. The lowest BCUT2D eigenvalue weighted by atomic mass is 9.58. The summed E-state index contributed by atoms with van der Waals surface area (Å²) in [6.07, 6.45) is 0. The number of nitrogens with zero attached hydrogens (tertiary/aromatic N) is 1. The van der Waals surface area contributed by atoms with Crippen LogP contribution in [0, 0.1) is 0 Å². The third-order valence-corrected chi connectivity index (χ3v) is 11.9. The van der Waals surface area contributed by atoms with Gasteiger partial charge in [-0.25, -0.2) is 0 Å². The minimum absolute atomic E-state index is 0.0135. The Kier molecular flexibility index (Phi) is 8.09. The molecule has 1 N–H and O–H groups in total. The Bertz CT molecular complexity index is 3000. The average Bonchev–Trinajstić information content (AvgIpc) is 3.55. The van der Waals surface area contributed by atoms with Gasteiger partial charge in [-0.05, 0) is 121 Å². The maximum absolute atomic E-state index is 3.90. The molecule has 0 bridgehead atoms. The van der Waals surface area contributed by atoms with E-state index in [2.05, 4.69) is 222 Å². The van der Waals surface area contributed by atoms with E-state index >= 15 is 0 Å². The van der Waals surface area contributed by atoms with Gasteiger partial charge in [0.1, 0.15) is 0 Å². The van der Waals surface area contributed by atoms with E-state index in [1.54, 1.807) is 0 Å². The third-order valence-electron chi connectivity index (χ3n) is 11.9. The molecule has 0 saturated heterocycles. The van der Waals surface area contributed by atoms with Gasteiger partial charge in [-0.1, -0.05) is 156 Å². The molecule has 10 rings (SSSR count). The molecule has 1 aliphatic rings. The van der Waals surface area contributed by atoms with Gasteiger partial charge < -0.3 is 9.88 Å². The zero-order valence-corrected chi connectivity index (χ0v) is 33.6. The van der Waals surface area contributed by atoms with E-state index in [-0.39, 0.29) is 10.8 Å². The van der Waals surface area contributed by atoms with Crippen molar-refractivity contribution in [2.75, 3.05) is 5.32 Å². The number of aromatic nitrogens is 1. The fraction of sp³-hybridized carbons (Fsp3) is 0.148. The molecule has 0 spiro atoms. The number of nitrogens with one attached hydrogen (secondary N) is 1. The Morgan fingerprint density at radius 1 is 0.474 bits per heavy atom. The summed E-state index contributed by atoms with van der Waals surface area (Å²) >= 11 is 0. The Hall–Kier alpha value is -6.32. The van der Waals surface area contributed by atoms with Crippen molar-refractivity contribution in [3.63, 3.8) is 0 Å². The Balaban J connectivity index is 1.25. The van der Waals surface area contributed by atoms with Crippen LogP contribution in [0.1, 0.15) is 52.7 Å². The molecule has 0 unspecified atom stereocenters. The van der Waals surface area contributed by atoms with E-state index in [0.717, 1.165) is 11.4 Å². The molecule has 2 nitrogen and oxygen atoms in total. The molecule has 0 saturated carbocycles. The summed E-state index contributed by atoms with van der Waals surface area (Å²) in [5, 5.41) is 8.95. The number of fused-ring (bicyclic) bond motifs is 6. The molecule has 0 fully saturated rings. The van der Waals surface area contributed by atoms with Gasteiger partial charge in [0.2, 0.25) is 0 Å². The number of hydrogen-bond acceptors (Lipinski definition) is 1. The highest BCUT2D eigenvalue weighted by atomic mass is 15.0. The maximum atomic E-state index is 3.90. The fourth-order valence-electron chi connectivity index (χ4n) is 8.69. The first-order chi connectivity index (χ1) is 27.5. The van der Waals surface area contributed by atoms with Crippen molar-refractivity contribution in [3.05, 3.63) is 175 Å². The van der Waals surface area contributed by atoms with Crippen molar-refractivity contribution in [3.8, 4) is 39.1 Å². The molecule has 9 aromatic rings. The molecule has 275 valence electrons. The molecule has 0 aliphatic carbocycles. The topological polar surface area (TPSA) is 17.0 Å². The van der Waals surface area contributed by atoms with Crippen LogP contribution in [0.4, 0.5) is 11.4 Å². The van der Waals surface area contributed by atoms with Crippen LogP contribution < -0.4 is 16.2 Å². The van der Waals surface area contributed by atoms with Crippen molar-refractivity contribution in [1.82, 2.24) is 4.57 Å². The third kappa shape index (κ3) is 6.14. The van der Waals surface area contributed by atoms with Crippen LogP contribution in [0.3, 0.4) is 0 Å². The van der Waals surface area contributed by atoms with Gasteiger partial charge in [-0.2, -0.15) is 0 Å². The summed E-state index contributed by atoms with van der Waals surface area (Å²) < 4.78 is 2.56. The molecule has 0 amide bonds.